The molecule has 0 aromatic rings. The Labute approximate surface area is 98.1 Å². The molecule has 2 saturated heterocycles. The van der Waals surface area contributed by atoms with Gasteiger partial charge in [-0.2, -0.15) is 0 Å². The summed E-state index contributed by atoms with van der Waals surface area (Å²) in [6.07, 6.45) is 3.66. The third-order valence-electron chi connectivity index (χ3n) is 3.44. The van der Waals surface area contributed by atoms with Crippen LogP contribution in [-0.4, -0.2) is 61.1 Å². The van der Waals surface area contributed by atoms with E-state index in [1.807, 2.05) is 0 Å². The molecule has 4 nitrogen and oxygen atoms in total. The summed E-state index contributed by atoms with van der Waals surface area (Å²) in [6.45, 7) is 8.14. The van der Waals surface area contributed by atoms with Crippen LogP contribution in [0.2, 0.25) is 0 Å². The summed E-state index contributed by atoms with van der Waals surface area (Å²) < 4.78 is 5.72. The molecule has 16 heavy (non-hydrogen) atoms. The first-order valence-electron chi connectivity index (χ1n) is 6.48. The molecule has 1 atom stereocenters. The van der Waals surface area contributed by atoms with E-state index < -0.39 is 0 Å². The Morgan fingerprint density at radius 2 is 2.06 bits per heavy atom. The topological polar surface area (TPSA) is 39.6 Å². The van der Waals surface area contributed by atoms with Crippen molar-refractivity contribution < 1.29 is 4.74 Å². The van der Waals surface area contributed by atoms with Crippen molar-refractivity contribution in [3.63, 3.8) is 0 Å². The molecule has 2 aliphatic rings. The van der Waals surface area contributed by atoms with Gasteiger partial charge in [-0.25, -0.2) is 0 Å². The molecule has 0 radical (unpaired) electrons. The number of amidine groups is 1. The van der Waals surface area contributed by atoms with Gasteiger partial charge < -0.3 is 9.64 Å². The highest BCUT2D eigenvalue weighted by Gasteiger charge is 2.28. The van der Waals surface area contributed by atoms with E-state index in [0.717, 1.165) is 39.3 Å². The number of likely N-dealkylation sites (tertiary alicyclic amines) is 1. The van der Waals surface area contributed by atoms with Crippen molar-refractivity contribution in [1.29, 1.82) is 5.41 Å². The Morgan fingerprint density at radius 1 is 1.31 bits per heavy atom. The number of morpholine rings is 1. The van der Waals surface area contributed by atoms with Crippen LogP contribution in [0.4, 0.5) is 0 Å². The highest BCUT2D eigenvalue weighted by molar-refractivity contribution is 5.84. The summed E-state index contributed by atoms with van der Waals surface area (Å²) in [5.41, 5.74) is 0. The molecule has 0 aliphatic carbocycles. The van der Waals surface area contributed by atoms with E-state index in [-0.39, 0.29) is 6.10 Å². The van der Waals surface area contributed by atoms with Crippen LogP contribution in [-0.2, 0) is 4.74 Å². The number of ether oxygens (including phenoxy) is 1. The first-order valence-corrected chi connectivity index (χ1v) is 6.48. The Morgan fingerprint density at radius 3 is 2.75 bits per heavy atom. The third-order valence-corrected chi connectivity index (χ3v) is 3.44. The van der Waals surface area contributed by atoms with Gasteiger partial charge in [-0.05, 0) is 25.8 Å². The molecule has 2 rings (SSSR count). The summed E-state index contributed by atoms with van der Waals surface area (Å²) >= 11 is 0. The number of rotatable bonds is 3. The fraction of sp³-hybridized carbons (Fsp3) is 0.917. The summed E-state index contributed by atoms with van der Waals surface area (Å²) in [6, 6.07) is 0. The average molecular weight is 225 g/mol. The van der Waals surface area contributed by atoms with Crippen LogP contribution in [0.3, 0.4) is 0 Å². The molecule has 0 amide bonds. The molecule has 1 N–H and O–H groups in total. The maximum Gasteiger partial charge on any atom is 0.127 e. The molecule has 0 saturated carbocycles. The molecule has 2 aliphatic heterocycles. The minimum atomic E-state index is 0.0124. The molecule has 4 heteroatoms. The molecule has 0 spiro atoms. The van der Waals surface area contributed by atoms with Crippen LogP contribution in [0.1, 0.15) is 26.2 Å². The second-order valence-corrected chi connectivity index (χ2v) is 4.74. The fourth-order valence-electron chi connectivity index (χ4n) is 2.55. The van der Waals surface area contributed by atoms with Crippen molar-refractivity contribution in [3.05, 3.63) is 0 Å². The van der Waals surface area contributed by atoms with E-state index in [1.54, 1.807) is 0 Å². The van der Waals surface area contributed by atoms with Crippen molar-refractivity contribution in [2.75, 3.05) is 39.3 Å². The fourth-order valence-corrected chi connectivity index (χ4v) is 2.55. The monoisotopic (exact) mass is 225 g/mol. The third kappa shape index (κ3) is 2.74. The normalized spacial score (nSPS) is 27.3. The van der Waals surface area contributed by atoms with Crippen molar-refractivity contribution in [1.82, 2.24) is 9.80 Å². The highest BCUT2D eigenvalue weighted by atomic mass is 16.5. The lowest BCUT2D eigenvalue weighted by Gasteiger charge is -2.35. The van der Waals surface area contributed by atoms with Gasteiger partial charge in [0.2, 0.25) is 0 Å². The molecular formula is C12H23N3O. The van der Waals surface area contributed by atoms with Gasteiger partial charge in [-0.15, -0.1) is 0 Å². The van der Waals surface area contributed by atoms with E-state index >= 15 is 0 Å². The molecule has 92 valence electrons. The van der Waals surface area contributed by atoms with Crippen molar-refractivity contribution >= 4 is 5.84 Å². The lowest BCUT2D eigenvalue weighted by molar-refractivity contribution is 0.00124. The highest BCUT2D eigenvalue weighted by Crippen LogP contribution is 2.14. The molecule has 0 aromatic carbocycles. The zero-order chi connectivity index (χ0) is 11.4. The summed E-state index contributed by atoms with van der Waals surface area (Å²) in [5, 5.41) is 8.18. The van der Waals surface area contributed by atoms with Gasteiger partial charge in [0.15, 0.2) is 0 Å². The van der Waals surface area contributed by atoms with E-state index in [2.05, 4.69) is 16.7 Å². The van der Waals surface area contributed by atoms with Gasteiger partial charge >= 0.3 is 0 Å². The molecule has 2 fully saturated rings. The van der Waals surface area contributed by atoms with Gasteiger partial charge in [-0.1, -0.05) is 6.92 Å². The lowest BCUT2D eigenvalue weighted by atomic mass is 10.2. The number of nitrogens with zero attached hydrogens (tertiary/aromatic N) is 2. The zero-order valence-electron chi connectivity index (χ0n) is 10.2. The van der Waals surface area contributed by atoms with Gasteiger partial charge in [-0.3, -0.25) is 10.3 Å². The van der Waals surface area contributed by atoms with Crippen LogP contribution >= 0.6 is 0 Å². The van der Waals surface area contributed by atoms with Crippen LogP contribution in [0.5, 0.6) is 0 Å². The smallest absolute Gasteiger partial charge is 0.127 e. The molecular weight excluding hydrogens is 202 g/mol. The van der Waals surface area contributed by atoms with E-state index in [0.29, 0.717) is 5.84 Å². The van der Waals surface area contributed by atoms with Gasteiger partial charge in [0.1, 0.15) is 11.9 Å². The van der Waals surface area contributed by atoms with E-state index in [1.165, 1.54) is 19.3 Å². The first kappa shape index (κ1) is 11.9. The molecule has 0 aromatic heterocycles. The quantitative estimate of drug-likeness (QED) is 0.579. The molecule has 2 heterocycles. The Kier molecular flexibility index (Phi) is 4.18. The van der Waals surface area contributed by atoms with Gasteiger partial charge in [0.25, 0.3) is 0 Å². The average Bonchev–Trinajstić information content (AvgIpc) is 2.82. The number of nitrogens with one attached hydrogen (secondary N) is 1. The maximum atomic E-state index is 8.18. The number of hydrogen-bond donors (Lipinski definition) is 1. The second-order valence-electron chi connectivity index (χ2n) is 4.74. The second kappa shape index (κ2) is 5.64. The van der Waals surface area contributed by atoms with Crippen LogP contribution < -0.4 is 0 Å². The minimum absolute atomic E-state index is 0.0124. The van der Waals surface area contributed by atoms with E-state index in [9.17, 15) is 0 Å². The number of hydrogen-bond acceptors (Lipinski definition) is 3. The molecule has 0 bridgehead atoms. The standard InChI is InChI=1S/C12H23N3O/c1-2-5-14-8-9-16-11(10-14)12(13)15-6-3-4-7-15/h11,13H,2-10H2,1H3. The Bertz CT molecular complexity index is 236. The zero-order valence-corrected chi connectivity index (χ0v) is 10.2. The summed E-state index contributed by atoms with van der Waals surface area (Å²) in [7, 11) is 0. The van der Waals surface area contributed by atoms with Crippen molar-refractivity contribution in [2.24, 2.45) is 0 Å². The lowest BCUT2D eigenvalue weighted by Crippen LogP contribution is -2.50. The van der Waals surface area contributed by atoms with Gasteiger partial charge in [0, 0.05) is 26.2 Å². The summed E-state index contributed by atoms with van der Waals surface area (Å²) in [4.78, 5) is 4.60. The van der Waals surface area contributed by atoms with Gasteiger partial charge in [0.05, 0.1) is 6.61 Å². The van der Waals surface area contributed by atoms with E-state index in [4.69, 9.17) is 10.1 Å². The maximum absolute atomic E-state index is 8.18. The largest absolute Gasteiger partial charge is 0.368 e. The molecule has 1 unspecified atom stereocenters. The summed E-state index contributed by atoms with van der Waals surface area (Å²) in [5.74, 6) is 0.707. The predicted octanol–water partition coefficient (Wildman–Crippen LogP) is 1.17. The van der Waals surface area contributed by atoms with Crippen molar-refractivity contribution in [2.45, 2.75) is 32.3 Å². The Balaban J connectivity index is 1.85. The Hall–Kier alpha value is -0.610. The minimum Gasteiger partial charge on any atom is -0.368 e. The first-order chi connectivity index (χ1) is 7.81. The SMILES string of the molecule is CCCN1CCOC(C(=N)N2CCCC2)C1. The predicted molar refractivity (Wildman–Crippen MR) is 65.0 cm³/mol. The van der Waals surface area contributed by atoms with Crippen LogP contribution in [0, 0.1) is 5.41 Å². The van der Waals surface area contributed by atoms with Crippen LogP contribution in [0.25, 0.3) is 0 Å². The van der Waals surface area contributed by atoms with Crippen LogP contribution in [0.15, 0.2) is 0 Å². The van der Waals surface area contributed by atoms with Crippen molar-refractivity contribution in [3.8, 4) is 0 Å².